The highest BCUT2D eigenvalue weighted by molar-refractivity contribution is 6.11. The smallest absolute Gasteiger partial charge is 0.259 e. The molecular formula is C28H32N2O4. The third kappa shape index (κ3) is 6.85. The predicted octanol–water partition coefficient (Wildman–Crippen LogP) is 6.26. The predicted molar refractivity (Wildman–Crippen MR) is 136 cm³/mol. The maximum Gasteiger partial charge on any atom is 0.259 e. The number of anilines is 2. The van der Waals surface area contributed by atoms with Crippen LogP contribution >= 0.6 is 0 Å². The number of rotatable bonds is 10. The Morgan fingerprint density at radius 1 is 0.618 bits per heavy atom. The van der Waals surface area contributed by atoms with Crippen molar-refractivity contribution in [3.63, 3.8) is 0 Å². The van der Waals surface area contributed by atoms with Gasteiger partial charge >= 0.3 is 0 Å². The molecule has 0 saturated carbocycles. The highest BCUT2D eigenvalue weighted by Gasteiger charge is 2.17. The summed E-state index contributed by atoms with van der Waals surface area (Å²) in [7, 11) is 0. The van der Waals surface area contributed by atoms with Crippen LogP contribution in [0.15, 0.2) is 72.8 Å². The summed E-state index contributed by atoms with van der Waals surface area (Å²) in [6.45, 7) is 9.22. The van der Waals surface area contributed by atoms with Gasteiger partial charge in [-0.25, -0.2) is 0 Å². The average Bonchev–Trinajstić information content (AvgIpc) is 2.83. The van der Waals surface area contributed by atoms with E-state index >= 15 is 0 Å². The minimum Gasteiger partial charge on any atom is -0.492 e. The van der Waals surface area contributed by atoms with Crippen molar-refractivity contribution in [2.75, 3.05) is 23.8 Å². The summed E-state index contributed by atoms with van der Waals surface area (Å²) in [6.07, 6.45) is 0. The number of nitrogens with one attached hydrogen (secondary N) is 2. The van der Waals surface area contributed by atoms with Crippen molar-refractivity contribution < 1.29 is 19.1 Å². The highest BCUT2D eigenvalue weighted by atomic mass is 16.5. The van der Waals surface area contributed by atoms with E-state index in [2.05, 4.69) is 10.6 Å². The standard InChI is InChI=1S/C28H32N2O4/c1-19(2)17-33-25-15-9-5-11-21(25)27(31)29-23-13-7-8-14-24(23)30-28(32)22-12-6-10-16-26(22)34-18-20(3)4/h5-16,19-20H,17-18H2,1-4H3,(H,29,31)(H,30,32). The Labute approximate surface area is 201 Å². The van der Waals surface area contributed by atoms with E-state index in [4.69, 9.17) is 9.47 Å². The van der Waals surface area contributed by atoms with E-state index in [0.29, 0.717) is 59.1 Å². The lowest BCUT2D eigenvalue weighted by atomic mass is 10.1. The van der Waals surface area contributed by atoms with Gasteiger partial charge in [-0.05, 0) is 48.2 Å². The number of ether oxygens (including phenoxy) is 2. The first kappa shape index (κ1) is 24.8. The lowest BCUT2D eigenvalue weighted by molar-refractivity contribution is 0.101. The molecule has 2 amide bonds. The van der Waals surface area contributed by atoms with E-state index in [0.717, 1.165) is 0 Å². The molecule has 0 fully saturated rings. The van der Waals surface area contributed by atoms with Gasteiger partial charge in [-0.15, -0.1) is 0 Å². The highest BCUT2D eigenvalue weighted by Crippen LogP contribution is 2.27. The maximum atomic E-state index is 13.1. The first-order valence-electron chi connectivity index (χ1n) is 11.5. The van der Waals surface area contributed by atoms with Gasteiger partial charge in [0, 0.05) is 0 Å². The average molecular weight is 461 g/mol. The molecule has 2 N–H and O–H groups in total. The Morgan fingerprint density at radius 2 is 0.971 bits per heavy atom. The Bertz CT molecular complexity index is 1040. The van der Waals surface area contributed by atoms with E-state index < -0.39 is 0 Å². The molecule has 0 spiro atoms. The monoisotopic (exact) mass is 460 g/mol. The topological polar surface area (TPSA) is 76.7 Å². The molecule has 0 aliphatic heterocycles. The molecule has 0 atom stereocenters. The molecule has 3 aromatic rings. The number of hydrogen-bond donors (Lipinski definition) is 2. The Hall–Kier alpha value is -3.80. The molecule has 178 valence electrons. The summed E-state index contributed by atoms with van der Waals surface area (Å²) in [5.74, 6) is 1.07. The largest absolute Gasteiger partial charge is 0.492 e. The van der Waals surface area contributed by atoms with Crippen molar-refractivity contribution in [2.24, 2.45) is 11.8 Å². The zero-order chi connectivity index (χ0) is 24.5. The zero-order valence-corrected chi connectivity index (χ0v) is 20.1. The van der Waals surface area contributed by atoms with Crippen LogP contribution in [0.3, 0.4) is 0 Å². The van der Waals surface area contributed by atoms with Crippen LogP contribution in [-0.2, 0) is 0 Å². The first-order chi connectivity index (χ1) is 16.3. The van der Waals surface area contributed by atoms with Crippen molar-refractivity contribution in [3.05, 3.63) is 83.9 Å². The van der Waals surface area contributed by atoms with E-state index in [1.165, 1.54) is 0 Å². The van der Waals surface area contributed by atoms with E-state index in [1.807, 2.05) is 39.8 Å². The quantitative estimate of drug-likeness (QED) is 0.374. The molecule has 0 aromatic heterocycles. The van der Waals surface area contributed by atoms with Gasteiger partial charge in [-0.1, -0.05) is 64.1 Å². The minimum absolute atomic E-state index is 0.318. The molecule has 3 rings (SSSR count). The summed E-state index contributed by atoms with van der Waals surface area (Å²) in [6, 6.07) is 21.3. The molecule has 0 aliphatic carbocycles. The van der Waals surface area contributed by atoms with Crippen LogP contribution in [0.25, 0.3) is 0 Å². The van der Waals surface area contributed by atoms with Crippen LogP contribution < -0.4 is 20.1 Å². The number of amides is 2. The fourth-order valence-corrected chi connectivity index (χ4v) is 3.15. The van der Waals surface area contributed by atoms with Crippen LogP contribution in [0.2, 0.25) is 0 Å². The van der Waals surface area contributed by atoms with Gasteiger partial charge in [0.15, 0.2) is 0 Å². The first-order valence-corrected chi connectivity index (χ1v) is 11.5. The summed E-state index contributed by atoms with van der Waals surface area (Å²) in [5.41, 5.74) is 1.83. The molecule has 34 heavy (non-hydrogen) atoms. The van der Waals surface area contributed by atoms with Gasteiger partial charge in [-0.3, -0.25) is 9.59 Å². The summed E-state index contributed by atoms with van der Waals surface area (Å²) >= 11 is 0. The molecule has 0 heterocycles. The van der Waals surface area contributed by atoms with Gasteiger partial charge in [-0.2, -0.15) is 0 Å². The Kier molecular flexibility index (Phi) is 8.68. The van der Waals surface area contributed by atoms with Gasteiger partial charge < -0.3 is 20.1 Å². The van der Waals surface area contributed by atoms with Crippen LogP contribution in [-0.4, -0.2) is 25.0 Å². The molecule has 0 saturated heterocycles. The van der Waals surface area contributed by atoms with Crippen molar-refractivity contribution in [1.29, 1.82) is 0 Å². The third-order valence-electron chi connectivity index (χ3n) is 4.83. The fourth-order valence-electron chi connectivity index (χ4n) is 3.15. The van der Waals surface area contributed by atoms with Crippen molar-refractivity contribution in [2.45, 2.75) is 27.7 Å². The Balaban J connectivity index is 1.78. The molecule has 3 aromatic carbocycles. The van der Waals surface area contributed by atoms with Crippen LogP contribution in [0, 0.1) is 11.8 Å². The minimum atomic E-state index is -0.318. The third-order valence-corrected chi connectivity index (χ3v) is 4.83. The zero-order valence-electron chi connectivity index (χ0n) is 20.1. The summed E-state index contributed by atoms with van der Waals surface area (Å²) in [5, 5.41) is 5.80. The molecule has 0 radical (unpaired) electrons. The second-order valence-corrected chi connectivity index (χ2v) is 8.86. The SMILES string of the molecule is CC(C)COc1ccccc1C(=O)Nc1ccccc1NC(=O)c1ccccc1OCC(C)C. The number of carbonyl (C=O) groups excluding carboxylic acids is 2. The lowest BCUT2D eigenvalue weighted by Gasteiger charge is -2.16. The van der Waals surface area contributed by atoms with Gasteiger partial charge in [0.25, 0.3) is 11.8 Å². The molecule has 0 aliphatic rings. The van der Waals surface area contributed by atoms with Crippen molar-refractivity contribution in [3.8, 4) is 11.5 Å². The van der Waals surface area contributed by atoms with Crippen molar-refractivity contribution in [1.82, 2.24) is 0 Å². The van der Waals surface area contributed by atoms with Gasteiger partial charge in [0.1, 0.15) is 11.5 Å². The normalized spacial score (nSPS) is 10.8. The molecule has 6 nitrogen and oxygen atoms in total. The number of benzene rings is 3. The van der Waals surface area contributed by atoms with E-state index in [-0.39, 0.29) is 11.8 Å². The summed E-state index contributed by atoms with van der Waals surface area (Å²) in [4.78, 5) is 26.1. The molecule has 6 heteroatoms. The maximum absolute atomic E-state index is 13.1. The Morgan fingerprint density at radius 3 is 1.35 bits per heavy atom. The summed E-state index contributed by atoms with van der Waals surface area (Å²) < 4.78 is 11.6. The van der Waals surface area contributed by atoms with E-state index in [9.17, 15) is 9.59 Å². The fraction of sp³-hybridized carbons (Fsp3) is 0.286. The molecular weight excluding hydrogens is 428 g/mol. The van der Waals surface area contributed by atoms with Crippen LogP contribution in [0.5, 0.6) is 11.5 Å². The van der Waals surface area contributed by atoms with Gasteiger partial charge in [0.2, 0.25) is 0 Å². The van der Waals surface area contributed by atoms with E-state index in [1.54, 1.807) is 60.7 Å². The number of carbonyl (C=O) groups is 2. The van der Waals surface area contributed by atoms with Gasteiger partial charge in [0.05, 0.1) is 35.7 Å². The lowest BCUT2D eigenvalue weighted by Crippen LogP contribution is -2.18. The number of para-hydroxylation sites is 4. The van der Waals surface area contributed by atoms with Crippen LogP contribution in [0.4, 0.5) is 11.4 Å². The molecule has 0 bridgehead atoms. The van der Waals surface area contributed by atoms with Crippen LogP contribution in [0.1, 0.15) is 48.4 Å². The van der Waals surface area contributed by atoms with Crippen molar-refractivity contribution >= 4 is 23.2 Å². The second kappa shape index (κ2) is 11.9. The number of hydrogen-bond acceptors (Lipinski definition) is 4. The second-order valence-electron chi connectivity index (χ2n) is 8.86. The molecule has 0 unspecified atom stereocenters.